The predicted molar refractivity (Wildman–Crippen MR) is 133 cm³/mol. The first-order chi connectivity index (χ1) is 15.1. The lowest BCUT2D eigenvalue weighted by Crippen LogP contribution is -2.28. The fourth-order valence-electron chi connectivity index (χ4n) is 3.88. The van der Waals surface area contributed by atoms with Gasteiger partial charge >= 0.3 is 0 Å². The number of nitrogens with one attached hydrogen (secondary N) is 1. The van der Waals surface area contributed by atoms with Crippen LogP contribution in [0.25, 0.3) is 10.9 Å². The second-order valence-electron chi connectivity index (χ2n) is 9.56. The third-order valence-electron chi connectivity index (χ3n) is 5.82. The molecule has 1 N–H and O–H groups in total. The summed E-state index contributed by atoms with van der Waals surface area (Å²) in [6.07, 6.45) is 1.89. The Labute approximate surface area is 191 Å². The first kappa shape index (κ1) is 24.0. The van der Waals surface area contributed by atoms with E-state index in [1.807, 2.05) is 37.4 Å². The van der Waals surface area contributed by atoms with Crippen molar-refractivity contribution in [3.63, 3.8) is 0 Å². The van der Waals surface area contributed by atoms with E-state index in [0.717, 1.165) is 22.6 Å². The van der Waals surface area contributed by atoms with Crippen LogP contribution >= 0.6 is 0 Å². The van der Waals surface area contributed by atoms with Crippen molar-refractivity contribution in [3.8, 4) is 0 Å². The molecule has 1 aromatic carbocycles. The van der Waals surface area contributed by atoms with Crippen LogP contribution in [0.3, 0.4) is 0 Å². The third kappa shape index (κ3) is 5.22. The van der Waals surface area contributed by atoms with E-state index >= 15 is 0 Å². The summed E-state index contributed by atoms with van der Waals surface area (Å²) in [6.45, 7) is 12.2. The number of amides is 1. The molecular weight excluding hydrogens is 418 g/mol. The van der Waals surface area contributed by atoms with E-state index in [0.29, 0.717) is 24.4 Å². The number of benzene rings is 1. The van der Waals surface area contributed by atoms with Crippen LogP contribution in [-0.4, -0.2) is 36.3 Å². The topological polar surface area (TPSA) is 65.3 Å². The second kappa shape index (κ2) is 9.88. The summed E-state index contributed by atoms with van der Waals surface area (Å²) in [7, 11) is 0.520. The largest absolute Gasteiger partial charge is 0.361 e. The molecule has 0 saturated carbocycles. The van der Waals surface area contributed by atoms with Crippen LogP contribution < -0.4 is 10.9 Å². The summed E-state index contributed by atoms with van der Waals surface area (Å²) in [4.78, 5) is 26.1. The smallest absolute Gasteiger partial charge is 0.274 e. The van der Waals surface area contributed by atoms with Crippen LogP contribution in [0, 0.1) is 0 Å². The average molecular weight is 454 g/mol. The molecule has 0 fully saturated rings. The van der Waals surface area contributed by atoms with Crippen LogP contribution in [-0.2, 0) is 18.5 Å². The highest BCUT2D eigenvalue weighted by molar-refractivity contribution is 6.76. The molecule has 0 bridgehead atoms. The number of pyridine rings is 1. The van der Waals surface area contributed by atoms with Gasteiger partial charge in [-0.1, -0.05) is 56.9 Å². The Bertz CT molecular complexity index is 1140. The number of rotatable bonds is 9. The molecule has 0 radical (unpaired) electrons. The van der Waals surface area contributed by atoms with Gasteiger partial charge < -0.3 is 19.2 Å². The lowest BCUT2D eigenvalue weighted by Gasteiger charge is -2.17. The quantitative estimate of drug-likeness (QED) is 0.382. The Balaban J connectivity index is 2.13. The van der Waals surface area contributed by atoms with Crippen LogP contribution in [0.1, 0.15) is 41.4 Å². The van der Waals surface area contributed by atoms with Gasteiger partial charge in [-0.25, -0.2) is 0 Å². The van der Waals surface area contributed by atoms with Crippen molar-refractivity contribution in [3.05, 3.63) is 69.8 Å². The normalized spacial score (nSPS) is 12.8. The lowest BCUT2D eigenvalue weighted by molar-refractivity contribution is 0.0811. The first-order valence-corrected chi connectivity index (χ1v) is 15.0. The van der Waals surface area contributed by atoms with Gasteiger partial charge in [-0.3, -0.25) is 9.59 Å². The Kier molecular flexibility index (Phi) is 7.41. The summed E-state index contributed by atoms with van der Waals surface area (Å²) >= 11 is 0. The summed E-state index contributed by atoms with van der Waals surface area (Å²) < 4.78 is 9.33. The maximum absolute atomic E-state index is 13.2. The fourth-order valence-corrected chi connectivity index (χ4v) is 4.63. The average Bonchev–Trinajstić information content (AvgIpc) is 3.13. The molecular formula is C25H35N3O3Si. The molecule has 0 aliphatic carbocycles. The number of aryl methyl sites for hydroxylation is 1. The van der Waals surface area contributed by atoms with Gasteiger partial charge in [0.2, 0.25) is 0 Å². The van der Waals surface area contributed by atoms with E-state index < -0.39 is 8.07 Å². The Morgan fingerprint density at radius 1 is 1.19 bits per heavy atom. The molecule has 1 amide bonds. The fraction of sp³-hybridized carbons (Fsp3) is 0.440. The SMILES string of the molecule is CCNC(=O)c1cc2c(C(C)c3ccccc3)cn(C)c(=O)c2n1COCC[Si](C)(C)C. The molecule has 2 aromatic heterocycles. The van der Waals surface area contributed by atoms with Crippen molar-refractivity contribution < 1.29 is 9.53 Å². The van der Waals surface area contributed by atoms with Gasteiger partial charge in [-0.2, -0.15) is 0 Å². The third-order valence-corrected chi connectivity index (χ3v) is 7.52. The number of hydrogen-bond acceptors (Lipinski definition) is 3. The van der Waals surface area contributed by atoms with Gasteiger partial charge in [0, 0.05) is 45.8 Å². The second-order valence-corrected chi connectivity index (χ2v) is 15.2. The van der Waals surface area contributed by atoms with Crippen LogP contribution in [0.2, 0.25) is 25.7 Å². The van der Waals surface area contributed by atoms with Crippen LogP contribution in [0.4, 0.5) is 0 Å². The summed E-state index contributed by atoms with van der Waals surface area (Å²) in [5.41, 5.74) is 3.01. The minimum atomic E-state index is -1.24. The maximum Gasteiger partial charge on any atom is 0.274 e. The molecule has 3 aromatic rings. The monoisotopic (exact) mass is 453 g/mol. The van der Waals surface area contributed by atoms with Crippen LogP contribution in [0.5, 0.6) is 0 Å². The van der Waals surface area contributed by atoms with Crippen molar-refractivity contribution >= 4 is 24.9 Å². The lowest BCUT2D eigenvalue weighted by atomic mass is 9.92. The Hall–Kier alpha value is -2.64. The Morgan fingerprint density at radius 3 is 2.50 bits per heavy atom. The molecule has 7 heteroatoms. The van der Waals surface area contributed by atoms with Crippen molar-refractivity contribution in [2.45, 2.75) is 52.2 Å². The van der Waals surface area contributed by atoms with Gasteiger partial charge in [0.25, 0.3) is 11.5 Å². The number of ether oxygens (including phenoxy) is 1. The van der Waals surface area contributed by atoms with Gasteiger partial charge in [0.05, 0.1) is 0 Å². The highest BCUT2D eigenvalue weighted by atomic mass is 28.3. The zero-order valence-corrected chi connectivity index (χ0v) is 21.1. The molecule has 1 unspecified atom stereocenters. The zero-order chi connectivity index (χ0) is 23.5. The van der Waals surface area contributed by atoms with Crippen molar-refractivity contribution in [1.29, 1.82) is 0 Å². The van der Waals surface area contributed by atoms with Crippen molar-refractivity contribution in [2.24, 2.45) is 7.05 Å². The first-order valence-electron chi connectivity index (χ1n) is 11.3. The molecule has 172 valence electrons. The van der Waals surface area contributed by atoms with E-state index in [-0.39, 0.29) is 24.1 Å². The van der Waals surface area contributed by atoms with E-state index in [2.05, 4.69) is 44.0 Å². The number of aromatic nitrogens is 2. The summed E-state index contributed by atoms with van der Waals surface area (Å²) in [5, 5.41) is 3.68. The number of fused-ring (bicyclic) bond motifs is 1. The Morgan fingerprint density at radius 2 is 1.88 bits per heavy atom. The van der Waals surface area contributed by atoms with Crippen LogP contribution in [0.15, 0.2) is 47.4 Å². The van der Waals surface area contributed by atoms with Gasteiger partial charge in [0.15, 0.2) is 0 Å². The van der Waals surface area contributed by atoms with Crippen molar-refractivity contribution in [2.75, 3.05) is 13.2 Å². The van der Waals surface area contributed by atoms with E-state index in [4.69, 9.17) is 4.74 Å². The summed E-state index contributed by atoms with van der Waals surface area (Å²) in [6, 6.07) is 13.1. The number of nitrogens with zero attached hydrogens (tertiary/aromatic N) is 2. The van der Waals surface area contributed by atoms with Gasteiger partial charge in [0.1, 0.15) is 17.9 Å². The highest BCUT2D eigenvalue weighted by Gasteiger charge is 2.23. The molecule has 0 aliphatic rings. The number of carbonyl (C=O) groups is 1. The van der Waals surface area contributed by atoms with E-state index in [9.17, 15) is 9.59 Å². The summed E-state index contributed by atoms with van der Waals surface area (Å²) in [5.74, 6) is -0.130. The molecule has 3 rings (SSSR count). The maximum atomic E-state index is 13.2. The van der Waals surface area contributed by atoms with E-state index in [1.54, 1.807) is 16.2 Å². The zero-order valence-electron chi connectivity index (χ0n) is 20.1. The molecule has 0 spiro atoms. The molecule has 32 heavy (non-hydrogen) atoms. The molecule has 6 nitrogen and oxygen atoms in total. The predicted octanol–water partition coefficient (Wildman–Crippen LogP) is 4.55. The molecule has 0 aliphatic heterocycles. The number of carbonyl (C=O) groups excluding carboxylic acids is 1. The minimum Gasteiger partial charge on any atom is -0.361 e. The number of hydrogen-bond donors (Lipinski definition) is 1. The molecule has 0 saturated heterocycles. The minimum absolute atomic E-state index is 0.0660. The van der Waals surface area contributed by atoms with Gasteiger partial charge in [-0.05, 0) is 30.2 Å². The highest BCUT2D eigenvalue weighted by Crippen LogP contribution is 2.31. The van der Waals surface area contributed by atoms with E-state index in [1.165, 1.54) is 0 Å². The van der Waals surface area contributed by atoms with Gasteiger partial charge in [-0.15, -0.1) is 0 Å². The standard InChI is InChI=1S/C25H35N3O3Si/c1-7-26-24(29)22-15-20-21(18(2)19-11-9-8-10-12-19)16-27(3)25(30)23(20)28(22)17-31-13-14-32(4,5)6/h8-12,15-16,18H,7,13-14,17H2,1-6H3,(H,26,29). The molecule has 1 atom stereocenters. The molecule has 2 heterocycles. The van der Waals surface area contributed by atoms with Crippen molar-refractivity contribution in [1.82, 2.24) is 14.5 Å².